The van der Waals surface area contributed by atoms with Crippen molar-refractivity contribution in [1.29, 1.82) is 0 Å². The number of carbonyl (C=O) groups is 1. The lowest BCUT2D eigenvalue weighted by atomic mass is 10.2. The van der Waals surface area contributed by atoms with Gasteiger partial charge in [0, 0.05) is 0 Å². The minimum atomic E-state index is -0.793. The molecule has 2 nitrogen and oxygen atoms in total. The molecule has 1 N–H and O–H groups in total. The van der Waals surface area contributed by atoms with Gasteiger partial charge in [-0.05, 0) is 27.2 Å². The van der Waals surface area contributed by atoms with Crippen molar-refractivity contribution in [2.24, 2.45) is 0 Å². The van der Waals surface area contributed by atoms with Crippen LogP contribution in [-0.2, 0) is 4.79 Å². The van der Waals surface area contributed by atoms with Crippen molar-refractivity contribution < 1.29 is 9.90 Å². The van der Waals surface area contributed by atoms with Crippen molar-refractivity contribution in [3.05, 3.63) is 35.5 Å². The summed E-state index contributed by atoms with van der Waals surface area (Å²) in [5.74, 6) is -0.793. The van der Waals surface area contributed by atoms with E-state index in [4.69, 9.17) is 5.11 Å². The molecule has 0 bridgehead atoms. The zero-order chi connectivity index (χ0) is 11.0. The Morgan fingerprint density at radius 1 is 1.21 bits per heavy atom. The third kappa shape index (κ3) is 8.78. The van der Waals surface area contributed by atoms with E-state index in [1.54, 1.807) is 6.08 Å². The first-order valence-corrected chi connectivity index (χ1v) is 4.71. The minimum Gasteiger partial charge on any atom is -0.481 e. The van der Waals surface area contributed by atoms with Gasteiger partial charge in [-0.1, -0.05) is 35.5 Å². The number of hydrogen-bond acceptors (Lipinski definition) is 1. The van der Waals surface area contributed by atoms with Crippen LogP contribution in [0.2, 0.25) is 0 Å². The lowest BCUT2D eigenvalue weighted by Gasteiger charge is -1.91. The molecule has 0 atom stereocenters. The Kier molecular flexibility index (Phi) is 6.46. The van der Waals surface area contributed by atoms with Crippen LogP contribution >= 0.6 is 0 Å². The second-order valence-electron chi connectivity index (χ2n) is 3.47. The standard InChI is InChI=1S/C12H18O2/c1-10(2)6-4-7-11(3)8-5-9-12(13)14/h5-8H,4,9H2,1-3H3,(H,13,14)/b8-5?,11-7-. The molecule has 0 heterocycles. The Morgan fingerprint density at radius 3 is 2.36 bits per heavy atom. The van der Waals surface area contributed by atoms with Crippen molar-refractivity contribution in [1.82, 2.24) is 0 Å². The van der Waals surface area contributed by atoms with Gasteiger partial charge < -0.3 is 5.11 Å². The van der Waals surface area contributed by atoms with Gasteiger partial charge in [0.1, 0.15) is 0 Å². The van der Waals surface area contributed by atoms with E-state index in [1.165, 1.54) is 5.57 Å². The predicted molar refractivity (Wildman–Crippen MR) is 59.2 cm³/mol. The maximum atomic E-state index is 10.2. The highest BCUT2D eigenvalue weighted by Crippen LogP contribution is 2.01. The topological polar surface area (TPSA) is 37.3 Å². The average molecular weight is 194 g/mol. The Labute approximate surface area is 85.6 Å². The van der Waals surface area contributed by atoms with Gasteiger partial charge in [0.2, 0.25) is 0 Å². The van der Waals surface area contributed by atoms with Gasteiger partial charge in [-0.3, -0.25) is 4.79 Å². The fraction of sp³-hybridized carbons (Fsp3) is 0.417. The van der Waals surface area contributed by atoms with Gasteiger partial charge in [0.25, 0.3) is 0 Å². The van der Waals surface area contributed by atoms with Gasteiger partial charge in [-0.2, -0.15) is 0 Å². The van der Waals surface area contributed by atoms with Crippen LogP contribution in [-0.4, -0.2) is 11.1 Å². The van der Waals surface area contributed by atoms with E-state index in [1.807, 2.05) is 13.0 Å². The highest BCUT2D eigenvalue weighted by Gasteiger charge is 1.88. The lowest BCUT2D eigenvalue weighted by molar-refractivity contribution is -0.135. The molecular formula is C12H18O2. The first-order chi connectivity index (χ1) is 6.52. The number of rotatable bonds is 5. The summed E-state index contributed by atoms with van der Waals surface area (Å²) >= 11 is 0. The van der Waals surface area contributed by atoms with E-state index >= 15 is 0 Å². The quantitative estimate of drug-likeness (QED) is 0.538. The van der Waals surface area contributed by atoms with Crippen molar-refractivity contribution in [2.45, 2.75) is 33.6 Å². The Hall–Kier alpha value is -1.31. The molecule has 0 saturated carbocycles. The maximum Gasteiger partial charge on any atom is 0.307 e. The molecule has 0 spiro atoms. The smallest absolute Gasteiger partial charge is 0.307 e. The van der Waals surface area contributed by atoms with Crippen LogP contribution in [0.1, 0.15) is 33.6 Å². The summed E-state index contributed by atoms with van der Waals surface area (Å²) < 4.78 is 0. The SMILES string of the molecule is CC(C)=CC/C=C(/C)C=CCC(=O)O. The Bertz CT molecular complexity index is 266. The second kappa shape index (κ2) is 7.13. The van der Waals surface area contributed by atoms with E-state index in [0.717, 1.165) is 12.0 Å². The molecular weight excluding hydrogens is 176 g/mol. The lowest BCUT2D eigenvalue weighted by Crippen LogP contribution is -1.89. The molecule has 0 radical (unpaired) electrons. The van der Waals surface area contributed by atoms with Crippen LogP contribution in [0, 0.1) is 0 Å². The third-order valence-corrected chi connectivity index (χ3v) is 1.64. The van der Waals surface area contributed by atoms with Gasteiger partial charge in [0.15, 0.2) is 0 Å². The first-order valence-electron chi connectivity index (χ1n) is 4.71. The molecule has 0 amide bonds. The van der Waals surface area contributed by atoms with Crippen molar-refractivity contribution in [3.63, 3.8) is 0 Å². The monoisotopic (exact) mass is 194 g/mol. The van der Waals surface area contributed by atoms with Gasteiger partial charge in [-0.15, -0.1) is 0 Å². The van der Waals surface area contributed by atoms with E-state index in [0.29, 0.717) is 0 Å². The fourth-order valence-electron chi connectivity index (χ4n) is 0.894. The zero-order valence-electron chi connectivity index (χ0n) is 9.08. The van der Waals surface area contributed by atoms with Crippen LogP contribution in [0.3, 0.4) is 0 Å². The summed E-state index contributed by atoms with van der Waals surface area (Å²) in [6, 6.07) is 0. The molecule has 14 heavy (non-hydrogen) atoms. The summed E-state index contributed by atoms with van der Waals surface area (Å²) in [6.07, 6.45) is 8.71. The number of hydrogen-bond donors (Lipinski definition) is 1. The second-order valence-corrected chi connectivity index (χ2v) is 3.47. The van der Waals surface area contributed by atoms with Crippen molar-refractivity contribution in [2.75, 3.05) is 0 Å². The molecule has 0 saturated heterocycles. The number of carboxylic acids is 1. The molecule has 0 unspecified atom stereocenters. The number of carboxylic acid groups (broad SMARTS) is 1. The van der Waals surface area contributed by atoms with Crippen molar-refractivity contribution in [3.8, 4) is 0 Å². The van der Waals surface area contributed by atoms with Crippen LogP contribution in [0.25, 0.3) is 0 Å². The highest BCUT2D eigenvalue weighted by molar-refractivity contribution is 5.68. The highest BCUT2D eigenvalue weighted by atomic mass is 16.4. The van der Waals surface area contributed by atoms with Gasteiger partial charge >= 0.3 is 5.97 Å². The molecule has 78 valence electrons. The molecule has 0 aliphatic carbocycles. The first kappa shape index (κ1) is 12.7. The Balaban J connectivity index is 3.94. The normalized spacial score (nSPS) is 11.8. The van der Waals surface area contributed by atoms with Gasteiger partial charge in [-0.25, -0.2) is 0 Å². The number of aliphatic carboxylic acids is 1. The molecule has 0 aromatic carbocycles. The molecule has 0 aromatic rings. The van der Waals surface area contributed by atoms with Crippen LogP contribution < -0.4 is 0 Å². The summed E-state index contributed by atoms with van der Waals surface area (Å²) in [4.78, 5) is 10.2. The van der Waals surface area contributed by atoms with Crippen molar-refractivity contribution >= 4 is 5.97 Å². The van der Waals surface area contributed by atoms with E-state index in [-0.39, 0.29) is 6.42 Å². The van der Waals surface area contributed by atoms with Crippen LogP contribution in [0.4, 0.5) is 0 Å². The van der Waals surface area contributed by atoms with E-state index in [9.17, 15) is 4.79 Å². The average Bonchev–Trinajstić information content (AvgIpc) is 2.02. The third-order valence-electron chi connectivity index (χ3n) is 1.64. The van der Waals surface area contributed by atoms with Gasteiger partial charge in [0.05, 0.1) is 6.42 Å². The fourth-order valence-corrected chi connectivity index (χ4v) is 0.894. The molecule has 0 rings (SSSR count). The largest absolute Gasteiger partial charge is 0.481 e. The summed E-state index contributed by atoms with van der Waals surface area (Å²) in [7, 11) is 0. The zero-order valence-corrected chi connectivity index (χ0v) is 9.08. The molecule has 0 aliphatic heterocycles. The summed E-state index contributed by atoms with van der Waals surface area (Å²) in [5, 5.41) is 8.40. The van der Waals surface area contributed by atoms with E-state index in [2.05, 4.69) is 26.0 Å². The summed E-state index contributed by atoms with van der Waals surface area (Å²) in [6.45, 7) is 6.09. The Morgan fingerprint density at radius 2 is 1.86 bits per heavy atom. The summed E-state index contributed by atoms with van der Waals surface area (Å²) in [5.41, 5.74) is 2.40. The van der Waals surface area contributed by atoms with Crippen LogP contribution in [0.5, 0.6) is 0 Å². The predicted octanol–water partition coefficient (Wildman–Crippen LogP) is 3.32. The molecule has 0 aliphatic rings. The van der Waals surface area contributed by atoms with Crippen LogP contribution in [0.15, 0.2) is 35.5 Å². The molecule has 0 aromatic heterocycles. The number of allylic oxidation sites excluding steroid dienone is 5. The molecule has 2 heteroatoms. The molecule has 0 fully saturated rings. The minimum absolute atomic E-state index is 0.0911. The maximum absolute atomic E-state index is 10.2. The van der Waals surface area contributed by atoms with E-state index < -0.39 is 5.97 Å².